The van der Waals surface area contributed by atoms with Crippen LogP contribution in [0.3, 0.4) is 0 Å². The summed E-state index contributed by atoms with van der Waals surface area (Å²) in [6.45, 7) is 0. The van der Waals surface area contributed by atoms with Crippen LogP contribution in [0.5, 0.6) is 0 Å². The number of benzene rings is 1. The van der Waals surface area contributed by atoms with Crippen molar-refractivity contribution in [2.24, 2.45) is 0 Å². The Labute approximate surface area is 123 Å². The molecule has 110 valence electrons. The molecule has 3 rings (SSSR count). The number of nitrogens with one attached hydrogen (secondary N) is 1. The number of nitrogens with two attached hydrogens (primary N) is 1. The van der Waals surface area contributed by atoms with Crippen LogP contribution in [0.4, 0.5) is 5.69 Å². The predicted octanol–water partition coefficient (Wildman–Crippen LogP) is 2.11. The van der Waals surface area contributed by atoms with Crippen molar-refractivity contribution >= 4 is 22.5 Å². The number of carbonyl (C=O) groups is 1. The van der Waals surface area contributed by atoms with Gasteiger partial charge in [-0.1, -0.05) is 18.2 Å². The molecule has 0 aliphatic heterocycles. The number of amides is 1. The molecule has 2 atom stereocenters. The smallest absolute Gasteiger partial charge is 0.270 e. The van der Waals surface area contributed by atoms with E-state index in [1.165, 1.54) is 0 Å². The van der Waals surface area contributed by atoms with Gasteiger partial charge in [0.15, 0.2) is 0 Å². The molecule has 1 aliphatic carbocycles. The molecule has 0 bridgehead atoms. The second-order valence-electron chi connectivity index (χ2n) is 5.46. The predicted molar refractivity (Wildman–Crippen MR) is 82.1 cm³/mol. The van der Waals surface area contributed by atoms with Crippen LogP contribution in [0.15, 0.2) is 30.3 Å². The number of para-hydroxylation sites is 1. The molecule has 1 aromatic heterocycles. The lowest BCUT2D eigenvalue weighted by molar-refractivity contribution is 0.0911. The first-order valence-electron chi connectivity index (χ1n) is 7.16. The SMILES string of the molecule is COC1CCC(NC(=O)c2cc(N)c3ccccc3n2)C1. The fourth-order valence-electron chi connectivity index (χ4n) is 2.86. The number of fused-ring (bicyclic) bond motifs is 1. The Kier molecular flexibility index (Phi) is 3.75. The van der Waals surface area contributed by atoms with Gasteiger partial charge in [0.05, 0.1) is 11.6 Å². The average Bonchev–Trinajstić information content (AvgIpc) is 2.95. The molecular formula is C16H19N3O2. The van der Waals surface area contributed by atoms with Gasteiger partial charge in [-0.3, -0.25) is 4.79 Å². The number of pyridine rings is 1. The number of nitrogen functional groups attached to an aromatic ring is 1. The number of rotatable bonds is 3. The van der Waals surface area contributed by atoms with Crippen LogP contribution in [0.25, 0.3) is 10.9 Å². The number of aromatic nitrogens is 1. The zero-order chi connectivity index (χ0) is 14.8. The number of carbonyl (C=O) groups excluding carboxylic acids is 1. The lowest BCUT2D eigenvalue weighted by atomic mass is 10.1. The van der Waals surface area contributed by atoms with E-state index in [4.69, 9.17) is 10.5 Å². The van der Waals surface area contributed by atoms with Crippen LogP contribution >= 0.6 is 0 Å². The van der Waals surface area contributed by atoms with Crippen molar-refractivity contribution < 1.29 is 9.53 Å². The zero-order valence-electron chi connectivity index (χ0n) is 12.0. The van der Waals surface area contributed by atoms with E-state index in [9.17, 15) is 4.79 Å². The van der Waals surface area contributed by atoms with Gasteiger partial charge in [-0.2, -0.15) is 0 Å². The number of hydrogen-bond donors (Lipinski definition) is 2. The molecular weight excluding hydrogens is 266 g/mol. The molecule has 1 saturated carbocycles. The number of methoxy groups -OCH3 is 1. The summed E-state index contributed by atoms with van der Waals surface area (Å²) in [6.07, 6.45) is 3.01. The second-order valence-corrected chi connectivity index (χ2v) is 5.46. The van der Waals surface area contributed by atoms with E-state index < -0.39 is 0 Å². The summed E-state index contributed by atoms with van der Waals surface area (Å²) in [5.41, 5.74) is 7.69. The minimum absolute atomic E-state index is 0.150. The topological polar surface area (TPSA) is 77.2 Å². The highest BCUT2D eigenvalue weighted by molar-refractivity contribution is 5.99. The van der Waals surface area contributed by atoms with E-state index in [0.29, 0.717) is 11.4 Å². The fraction of sp³-hybridized carbons (Fsp3) is 0.375. The van der Waals surface area contributed by atoms with E-state index in [0.717, 1.165) is 30.2 Å². The highest BCUT2D eigenvalue weighted by Gasteiger charge is 2.26. The first kappa shape index (κ1) is 13.8. The first-order chi connectivity index (χ1) is 10.2. The van der Waals surface area contributed by atoms with Crippen LogP contribution in [0, 0.1) is 0 Å². The summed E-state index contributed by atoms with van der Waals surface area (Å²) in [4.78, 5) is 16.7. The van der Waals surface area contributed by atoms with E-state index in [2.05, 4.69) is 10.3 Å². The van der Waals surface area contributed by atoms with E-state index in [1.807, 2.05) is 24.3 Å². The van der Waals surface area contributed by atoms with Gasteiger partial charge in [0.1, 0.15) is 5.69 Å². The van der Waals surface area contributed by atoms with Crippen LogP contribution in [0.2, 0.25) is 0 Å². The first-order valence-corrected chi connectivity index (χ1v) is 7.16. The summed E-state index contributed by atoms with van der Waals surface area (Å²) in [5.74, 6) is -0.172. The molecule has 5 heteroatoms. The molecule has 2 aromatic rings. The van der Waals surface area contributed by atoms with Crippen molar-refractivity contribution in [2.75, 3.05) is 12.8 Å². The van der Waals surface area contributed by atoms with Gasteiger partial charge in [0.25, 0.3) is 5.91 Å². The Morgan fingerprint density at radius 2 is 2.19 bits per heavy atom. The Bertz CT molecular complexity index is 672. The molecule has 2 unspecified atom stereocenters. The van der Waals surface area contributed by atoms with E-state index >= 15 is 0 Å². The largest absolute Gasteiger partial charge is 0.398 e. The quantitative estimate of drug-likeness (QED) is 0.905. The molecule has 5 nitrogen and oxygen atoms in total. The van der Waals surface area contributed by atoms with Crippen molar-refractivity contribution in [3.8, 4) is 0 Å². The number of nitrogens with zero attached hydrogens (tertiary/aromatic N) is 1. The number of anilines is 1. The number of ether oxygens (including phenoxy) is 1. The molecule has 1 heterocycles. The lowest BCUT2D eigenvalue weighted by Crippen LogP contribution is -2.34. The van der Waals surface area contributed by atoms with Crippen LogP contribution in [-0.4, -0.2) is 30.1 Å². The third-order valence-corrected chi connectivity index (χ3v) is 4.03. The van der Waals surface area contributed by atoms with Crippen molar-refractivity contribution in [3.63, 3.8) is 0 Å². The normalized spacial score (nSPS) is 21.6. The van der Waals surface area contributed by atoms with Gasteiger partial charge >= 0.3 is 0 Å². The van der Waals surface area contributed by atoms with Gasteiger partial charge in [-0.25, -0.2) is 4.98 Å². The third kappa shape index (κ3) is 2.83. The molecule has 1 amide bonds. The van der Waals surface area contributed by atoms with Crippen molar-refractivity contribution in [1.82, 2.24) is 10.3 Å². The van der Waals surface area contributed by atoms with Gasteiger partial charge in [0, 0.05) is 24.2 Å². The Hall–Kier alpha value is -2.14. The van der Waals surface area contributed by atoms with E-state index in [1.54, 1.807) is 13.2 Å². The van der Waals surface area contributed by atoms with Crippen molar-refractivity contribution in [2.45, 2.75) is 31.4 Å². The van der Waals surface area contributed by atoms with Crippen LogP contribution < -0.4 is 11.1 Å². The maximum atomic E-state index is 12.3. The zero-order valence-corrected chi connectivity index (χ0v) is 12.0. The van der Waals surface area contributed by atoms with Gasteiger partial charge < -0.3 is 15.8 Å². The summed E-state index contributed by atoms with van der Waals surface area (Å²) < 4.78 is 5.32. The summed E-state index contributed by atoms with van der Waals surface area (Å²) in [5, 5.41) is 3.88. The average molecular weight is 285 g/mol. The summed E-state index contributed by atoms with van der Waals surface area (Å²) in [6, 6.07) is 9.34. The van der Waals surface area contributed by atoms with Gasteiger partial charge in [0.2, 0.25) is 0 Å². The molecule has 1 aliphatic rings. The fourth-order valence-corrected chi connectivity index (χ4v) is 2.86. The minimum Gasteiger partial charge on any atom is -0.398 e. The maximum absolute atomic E-state index is 12.3. The lowest BCUT2D eigenvalue weighted by Gasteiger charge is -2.13. The van der Waals surface area contributed by atoms with Gasteiger partial charge in [-0.05, 0) is 31.4 Å². The molecule has 0 spiro atoms. The highest BCUT2D eigenvalue weighted by atomic mass is 16.5. The molecule has 3 N–H and O–H groups in total. The molecule has 21 heavy (non-hydrogen) atoms. The highest BCUT2D eigenvalue weighted by Crippen LogP contribution is 2.23. The monoisotopic (exact) mass is 285 g/mol. The summed E-state index contributed by atoms with van der Waals surface area (Å²) >= 11 is 0. The standard InChI is InChI=1S/C16H19N3O2/c1-21-11-7-6-10(8-11)18-16(20)15-9-13(17)12-4-2-3-5-14(12)19-15/h2-5,9-11H,6-8H2,1H3,(H2,17,19)(H,18,20). The van der Waals surface area contributed by atoms with Crippen LogP contribution in [-0.2, 0) is 4.74 Å². The third-order valence-electron chi connectivity index (χ3n) is 4.03. The van der Waals surface area contributed by atoms with Crippen LogP contribution in [0.1, 0.15) is 29.8 Å². The van der Waals surface area contributed by atoms with E-state index in [-0.39, 0.29) is 18.1 Å². The maximum Gasteiger partial charge on any atom is 0.270 e. The molecule has 1 aromatic carbocycles. The van der Waals surface area contributed by atoms with Crippen molar-refractivity contribution in [3.05, 3.63) is 36.0 Å². The van der Waals surface area contributed by atoms with Gasteiger partial charge in [-0.15, -0.1) is 0 Å². The number of hydrogen-bond acceptors (Lipinski definition) is 4. The molecule has 0 radical (unpaired) electrons. The summed E-state index contributed by atoms with van der Waals surface area (Å²) in [7, 11) is 1.71. The Morgan fingerprint density at radius 3 is 2.95 bits per heavy atom. The molecule has 1 fully saturated rings. The second kappa shape index (κ2) is 5.69. The van der Waals surface area contributed by atoms with Crippen molar-refractivity contribution in [1.29, 1.82) is 0 Å². The molecule has 0 saturated heterocycles. The minimum atomic E-state index is -0.172. The Morgan fingerprint density at radius 1 is 1.38 bits per heavy atom. The Balaban J connectivity index is 1.79.